The first-order valence-corrected chi connectivity index (χ1v) is 6.19. The third-order valence-corrected chi connectivity index (χ3v) is 2.77. The van der Waals surface area contributed by atoms with Crippen LogP contribution in [0.3, 0.4) is 0 Å². The van der Waals surface area contributed by atoms with Crippen molar-refractivity contribution < 1.29 is 9.53 Å². The molecule has 1 saturated heterocycles. The zero-order valence-corrected chi connectivity index (χ0v) is 10.6. The van der Waals surface area contributed by atoms with Gasteiger partial charge in [0.1, 0.15) is 6.61 Å². The summed E-state index contributed by atoms with van der Waals surface area (Å²) in [5, 5.41) is 6.20. The molecule has 4 heteroatoms. The topological polar surface area (TPSA) is 50.4 Å². The van der Waals surface area contributed by atoms with Gasteiger partial charge in [-0.2, -0.15) is 0 Å². The minimum atomic E-state index is -0.00711. The van der Waals surface area contributed by atoms with Gasteiger partial charge in [-0.15, -0.1) is 0 Å². The number of rotatable bonds is 5. The summed E-state index contributed by atoms with van der Waals surface area (Å²) in [6, 6.07) is 0.578. The van der Waals surface area contributed by atoms with Gasteiger partial charge in [0.25, 0.3) is 0 Å². The lowest BCUT2D eigenvalue weighted by molar-refractivity contribution is -0.128. The Hall–Kier alpha value is -0.610. The van der Waals surface area contributed by atoms with E-state index >= 15 is 0 Å². The van der Waals surface area contributed by atoms with Crippen molar-refractivity contribution in [3.63, 3.8) is 0 Å². The van der Waals surface area contributed by atoms with Gasteiger partial charge in [0.2, 0.25) is 5.91 Å². The molecule has 1 aliphatic rings. The molecular formula is C12H24N2O2. The Kier molecular flexibility index (Phi) is 5.77. The number of amides is 1. The summed E-state index contributed by atoms with van der Waals surface area (Å²) in [5.74, 6) is 0.480. The zero-order chi connectivity index (χ0) is 12.0. The van der Waals surface area contributed by atoms with Gasteiger partial charge in [-0.3, -0.25) is 4.79 Å². The highest BCUT2D eigenvalue weighted by atomic mass is 16.5. The summed E-state index contributed by atoms with van der Waals surface area (Å²) in [7, 11) is 0. The van der Waals surface area contributed by atoms with Gasteiger partial charge in [0.05, 0.1) is 6.10 Å². The predicted octanol–water partition coefficient (Wildman–Crippen LogP) is 0.916. The summed E-state index contributed by atoms with van der Waals surface area (Å²) < 4.78 is 5.55. The largest absolute Gasteiger partial charge is 0.367 e. The van der Waals surface area contributed by atoms with E-state index in [-0.39, 0.29) is 18.6 Å². The Bertz CT molecular complexity index is 211. The fraction of sp³-hybridized carbons (Fsp3) is 0.917. The average molecular weight is 228 g/mol. The van der Waals surface area contributed by atoms with Gasteiger partial charge in [-0.25, -0.2) is 0 Å². The second kappa shape index (κ2) is 6.86. The van der Waals surface area contributed by atoms with E-state index in [1.165, 1.54) is 0 Å². The van der Waals surface area contributed by atoms with E-state index < -0.39 is 0 Å². The summed E-state index contributed by atoms with van der Waals surface area (Å²) in [6.07, 6.45) is 2.37. The van der Waals surface area contributed by atoms with Crippen molar-refractivity contribution in [3.05, 3.63) is 0 Å². The van der Waals surface area contributed by atoms with Crippen LogP contribution in [0.1, 0.15) is 33.6 Å². The Morgan fingerprint density at radius 2 is 2.25 bits per heavy atom. The van der Waals surface area contributed by atoms with Crippen LogP contribution < -0.4 is 10.6 Å². The van der Waals surface area contributed by atoms with Gasteiger partial charge in [-0.05, 0) is 25.7 Å². The molecule has 2 N–H and O–H groups in total. The summed E-state index contributed by atoms with van der Waals surface area (Å²) in [5.41, 5.74) is 0. The number of carbonyl (C=O) groups excluding carboxylic acids is 1. The Morgan fingerprint density at radius 3 is 2.81 bits per heavy atom. The minimum absolute atomic E-state index is 0.00711. The van der Waals surface area contributed by atoms with Gasteiger partial charge < -0.3 is 15.4 Å². The summed E-state index contributed by atoms with van der Waals surface area (Å²) in [6.45, 7) is 8.10. The maximum atomic E-state index is 11.4. The van der Waals surface area contributed by atoms with Crippen LogP contribution in [0.2, 0.25) is 0 Å². The Balaban J connectivity index is 2.07. The fourth-order valence-corrected chi connectivity index (χ4v) is 1.68. The number of hydrogen-bond acceptors (Lipinski definition) is 3. The molecule has 1 heterocycles. The van der Waals surface area contributed by atoms with E-state index in [4.69, 9.17) is 4.74 Å². The van der Waals surface area contributed by atoms with Crippen LogP contribution >= 0.6 is 0 Å². The quantitative estimate of drug-likeness (QED) is 0.735. The minimum Gasteiger partial charge on any atom is -0.367 e. The van der Waals surface area contributed by atoms with Crippen molar-refractivity contribution in [1.82, 2.24) is 10.6 Å². The van der Waals surface area contributed by atoms with Crippen molar-refractivity contribution in [3.8, 4) is 0 Å². The number of ether oxygens (including phenoxy) is 1. The SMILES string of the molecule is CC(C)CNC(=O)COC1CCC(C)NC1. The maximum Gasteiger partial charge on any atom is 0.246 e. The van der Waals surface area contributed by atoms with Crippen LogP contribution in [-0.4, -0.2) is 37.7 Å². The van der Waals surface area contributed by atoms with Crippen LogP contribution in [0.4, 0.5) is 0 Å². The number of hydrogen-bond donors (Lipinski definition) is 2. The van der Waals surface area contributed by atoms with E-state index in [9.17, 15) is 4.79 Å². The van der Waals surface area contributed by atoms with Crippen LogP contribution in [-0.2, 0) is 9.53 Å². The molecule has 2 unspecified atom stereocenters. The lowest BCUT2D eigenvalue weighted by Crippen LogP contribution is -2.42. The molecule has 0 aliphatic carbocycles. The van der Waals surface area contributed by atoms with Crippen LogP contribution in [0.15, 0.2) is 0 Å². The molecule has 0 aromatic carbocycles. The molecule has 1 amide bonds. The highest BCUT2D eigenvalue weighted by Gasteiger charge is 2.18. The molecule has 1 rings (SSSR count). The lowest BCUT2D eigenvalue weighted by atomic mass is 10.0. The number of piperidine rings is 1. The highest BCUT2D eigenvalue weighted by molar-refractivity contribution is 5.77. The molecule has 0 radical (unpaired) electrons. The first-order valence-electron chi connectivity index (χ1n) is 6.19. The molecule has 0 saturated carbocycles. The first-order chi connectivity index (χ1) is 7.58. The highest BCUT2D eigenvalue weighted by Crippen LogP contribution is 2.10. The summed E-state index contributed by atoms with van der Waals surface area (Å²) >= 11 is 0. The molecule has 0 spiro atoms. The van der Waals surface area contributed by atoms with Crippen LogP contribution in [0.25, 0.3) is 0 Å². The first kappa shape index (κ1) is 13.5. The molecule has 94 valence electrons. The van der Waals surface area contributed by atoms with E-state index in [0.29, 0.717) is 12.0 Å². The predicted molar refractivity (Wildman–Crippen MR) is 64.3 cm³/mol. The second-order valence-corrected chi connectivity index (χ2v) is 5.02. The molecule has 2 atom stereocenters. The van der Waals surface area contributed by atoms with Crippen molar-refractivity contribution in [2.24, 2.45) is 5.92 Å². The molecular weight excluding hydrogens is 204 g/mol. The van der Waals surface area contributed by atoms with Gasteiger partial charge in [-0.1, -0.05) is 13.8 Å². The molecule has 0 bridgehead atoms. The third kappa shape index (κ3) is 5.47. The van der Waals surface area contributed by atoms with Crippen molar-refractivity contribution >= 4 is 5.91 Å². The molecule has 16 heavy (non-hydrogen) atoms. The maximum absolute atomic E-state index is 11.4. The van der Waals surface area contributed by atoms with Crippen molar-refractivity contribution in [2.75, 3.05) is 19.7 Å². The van der Waals surface area contributed by atoms with E-state index in [2.05, 4.69) is 31.4 Å². The monoisotopic (exact) mass is 228 g/mol. The fourth-order valence-electron chi connectivity index (χ4n) is 1.68. The molecule has 4 nitrogen and oxygen atoms in total. The molecule has 0 aromatic rings. The van der Waals surface area contributed by atoms with Gasteiger partial charge in [0, 0.05) is 19.1 Å². The second-order valence-electron chi connectivity index (χ2n) is 5.02. The van der Waals surface area contributed by atoms with Crippen molar-refractivity contribution in [1.29, 1.82) is 0 Å². The number of nitrogens with one attached hydrogen (secondary N) is 2. The van der Waals surface area contributed by atoms with Crippen molar-refractivity contribution in [2.45, 2.75) is 45.8 Å². The van der Waals surface area contributed by atoms with E-state index in [1.54, 1.807) is 0 Å². The third-order valence-electron chi connectivity index (χ3n) is 2.77. The zero-order valence-electron chi connectivity index (χ0n) is 10.6. The van der Waals surface area contributed by atoms with E-state index in [1.807, 2.05) is 0 Å². The molecule has 1 aliphatic heterocycles. The molecule has 1 fully saturated rings. The standard InChI is InChI=1S/C12H24N2O2/c1-9(2)6-14-12(15)8-16-11-5-4-10(3)13-7-11/h9-11,13H,4-8H2,1-3H3,(H,14,15). The number of carbonyl (C=O) groups is 1. The Labute approximate surface area is 98.1 Å². The van der Waals surface area contributed by atoms with Gasteiger partial charge in [0.15, 0.2) is 0 Å². The Morgan fingerprint density at radius 1 is 1.50 bits per heavy atom. The lowest BCUT2D eigenvalue weighted by Gasteiger charge is -2.27. The van der Waals surface area contributed by atoms with Gasteiger partial charge >= 0.3 is 0 Å². The summed E-state index contributed by atoms with van der Waals surface area (Å²) in [4.78, 5) is 11.4. The van der Waals surface area contributed by atoms with Crippen LogP contribution in [0.5, 0.6) is 0 Å². The normalized spacial score (nSPS) is 25.8. The average Bonchev–Trinajstić information content (AvgIpc) is 2.25. The molecule has 0 aromatic heterocycles. The van der Waals surface area contributed by atoms with E-state index in [0.717, 1.165) is 25.9 Å². The smallest absolute Gasteiger partial charge is 0.246 e. The van der Waals surface area contributed by atoms with Crippen LogP contribution in [0, 0.1) is 5.92 Å².